The minimum atomic E-state index is -0.0135. The fourth-order valence-corrected chi connectivity index (χ4v) is 2.86. The molecule has 1 rings (SSSR count). The van der Waals surface area contributed by atoms with Gasteiger partial charge in [0.2, 0.25) is 5.91 Å². The van der Waals surface area contributed by atoms with E-state index in [1.165, 1.54) is 24.3 Å². The molecule has 1 saturated heterocycles. The number of amides is 1. The molecule has 4 heteroatoms. The number of nitrogens with one attached hydrogen (secondary N) is 1. The van der Waals surface area contributed by atoms with Crippen molar-refractivity contribution in [2.24, 2.45) is 5.92 Å². The normalized spacial score (nSPS) is 20.4. The first-order valence-electron chi connectivity index (χ1n) is 5.23. The van der Waals surface area contributed by atoms with E-state index in [-0.39, 0.29) is 10.7 Å². The molecule has 1 N–H and O–H groups in total. The molecule has 2 nitrogen and oxygen atoms in total. The van der Waals surface area contributed by atoms with Gasteiger partial charge in [-0.2, -0.15) is 11.8 Å². The third-order valence-corrected chi connectivity index (χ3v) is 4.66. The summed E-state index contributed by atoms with van der Waals surface area (Å²) < 4.78 is 0. The fourth-order valence-electron chi connectivity index (χ4n) is 1.49. The molecule has 1 fully saturated rings. The molecule has 0 radical (unpaired) electrons. The maximum atomic E-state index is 11.5. The van der Waals surface area contributed by atoms with Crippen LogP contribution in [-0.2, 0) is 4.79 Å². The van der Waals surface area contributed by atoms with Crippen LogP contribution in [0.1, 0.15) is 26.2 Å². The molecule has 1 atom stereocenters. The molecule has 0 spiro atoms. The highest BCUT2D eigenvalue weighted by atomic mass is 79.9. The lowest BCUT2D eigenvalue weighted by Crippen LogP contribution is -2.35. The van der Waals surface area contributed by atoms with Crippen LogP contribution in [-0.4, -0.2) is 28.8 Å². The van der Waals surface area contributed by atoms with Gasteiger partial charge in [0.15, 0.2) is 0 Å². The van der Waals surface area contributed by atoms with E-state index < -0.39 is 0 Å². The van der Waals surface area contributed by atoms with E-state index in [1.807, 2.05) is 18.7 Å². The Kier molecular flexibility index (Phi) is 5.94. The Morgan fingerprint density at radius 1 is 1.57 bits per heavy atom. The summed E-state index contributed by atoms with van der Waals surface area (Å²) in [5.41, 5.74) is 0. The van der Waals surface area contributed by atoms with Crippen molar-refractivity contribution in [2.45, 2.75) is 31.0 Å². The number of hydrogen-bond acceptors (Lipinski definition) is 2. The van der Waals surface area contributed by atoms with Crippen LogP contribution >= 0.6 is 27.7 Å². The number of thioether (sulfide) groups is 1. The largest absolute Gasteiger partial charge is 0.355 e. The topological polar surface area (TPSA) is 29.1 Å². The summed E-state index contributed by atoms with van der Waals surface area (Å²) in [7, 11) is 0. The van der Waals surface area contributed by atoms with Crippen molar-refractivity contribution >= 4 is 33.6 Å². The van der Waals surface area contributed by atoms with Gasteiger partial charge in [-0.25, -0.2) is 0 Å². The predicted octanol–water partition coefficient (Wildman–Crippen LogP) is 2.42. The van der Waals surface area contributed by atoms with Crippen molar-refractivity contribution in [3.8, 4) is 0 Å². The molecule has 1 amide bonds. The molecule has 14 heavy (non-hydrogen) atoms. The molecule has 0 aromatic rings. The maximum Gasteiger partial charge on any atom is 0.233 e. The minimum Gasteiger partial charge on any atom is -0.355 e. The molecule has 0 aromatic heterocycles. The lowest BCUT2D eigenvalue weighted by Gasteiger charge is -2.22. The second kappa shape index (κ2) is 6.72. The van der Waals surface area contributed by atoms with Crippen molar-refractivity contribution in [1.82, 2.24) is 5.32 Å². The summed E-state index contributed by atoms with van der Waals surface area (Å²) in [5, 5.41) is 3.01. The third-order valence-electron chi connectivity index (χ3n) is 2.55. The molecule has 1 unspecified atom stereocenters. The van der Waals surface area contributed by atoms with Crippen LogP contribution in [0.15, 0.2) is 0 Å². The smallest absolute Gasteiger partial charge is 0.233 e. The van der Waals surface area contributed by atoms with Crippen molar-refractivity contribution in [2.75, 3.05) is 18.1 Å². The Balaban J connectivity index is 2.15. The number of alkyl halides is 1. The first kappa shape index (κ1) is 12.4. The SMILES string of the molecule is CCC(Br)C(=O)NCC1CCSCC1. The van der Waals surface area contributed by atoms with Crippen LogP contribution in [0.4, 0.5) is 0 Å². The van der Waals surface area contributed by atoms with Crippen molar-refractivity contribution in [3.05, 3.63) is 0 Å². The third kappa shape index (κ3) is 4.22. The molecule has 1 aliphatic heterocycles. The van der Waals surface area contributed by atoms with Gasteiger partial charge in [0.1, 0.15) is 0 Å². The van der Waals surface area contributed by atoms with Gasteiger partial charge >= 0.3 is 0 Å². The number of hydrogen-bond donors (Lipinski definition) is 1. The first-order chi connectivity index (χ1) is 6.74. The summed E-state index contributed by atoms with van der Waals surface area (Å²) in [5.74, 6) is 3.36. The Morgan fingerprint density at radius 2 is 2.21 bits per heavy atom. The molecule has 0 bridgehead atoms. The Bertz CT molecular complexity index is 183. The van der Waals surface area contributed by atoms with Crippen LogP contribution in [0.25, 0.3) is 0 Å². The van der Waals surface area contributed by atoms with E-state index in [0.717, 1.165) is 13.0 Å². The van der Waals surface area contributed by atoms with E-state index in [4.69, 9.17) is 0 Å². The van der Waals surface area contributed by atoms with Gasteiger partial charge in [-0.1, -0.05) is 22.9 Å². The molecule has 1 heterocycles. The molecule has 0 aliphatic carbocycles. The summed E-state index contributed by atoms with van der Waals surface area (Å²) in [6.07, 6.45) is 3.36. The molecule has 82 valence electrons. The maximum absolute atomic E-state index is 11.5. The molecule has 0 saturated carbocycles. The van der Waals surface area contributed by atoms with Crippen LogP contribution in [0.2, 0.25) is 0 Å². The number of carbonyl (C=O) groups excluding carboxylic acids is 1. The van der Waals surface area contributed by atoms with E-state index in [9.17, 15) is 4.79 Å². The zero-order valence-electron chi connectivity index (χ0n) is 8.59. The van der Waals surface area contributed by atoms with Crippen molar-refractivity contribution < 1.29 is 4.79 Å². The Hall–Kier alpha value is 0.300. The van der Waals surface area contributed by atoms with Gasteiger partial charge in [-0.05, 0) is 36.7 Å². The monoisotopic (exact) mass is 279 g/mol. The molecule has 0 aromatic carbocycles. The van der Waals surface area contributed by atoms with Gasteiger partial charge < -0.3 is 5.32 Å². The fraction of sp³-hybridized carbons (Fsp3) is 0.900. The number of halogens is 1. The molecular formula is C10H18BrNOS. The average Bonchev–Trinajstić information content (AvgIpc) is 2.26. The van der Waals surface area contributed by atoms with E-state index in [2.05, 4.69) is 21.2 Å². The van der Waals surface area contributed by atoms with Crippen LogP contribution in [0.5, 0.6) is 0 Å². The highest BCUT2D eigenvalue weighted by Gasteiger charge is 2.16. The van der Waals surface area contributed by atoms with Gasteiger partial charge in [-0.3, -0.25) is 4.79 Å². The summed E-state index contributed by atoms with van der Waals surface area (Å²) >= 11 is 5.37. The summed E-state index contributed by atoms with van der Waals surface area (Å²) in [6.45, 7) is 2.87. The summed E-state index contributed by atoms with van der Waals surface area (Å²) in [4.78, 5) is 11.4. The van der Waals surface area contributed by atoms with Gasteiger partial charge in [0.05, 0.1) is 4.83 Å². The van der Waals surface area contributed by atoms with Crippen LogP contribution in [0.3, 0.4) is 0 Å². The van der Waals surface area contributed by atoms with E-state index in [1.54, 1.807) is 0 Å². The van der Waals surface area contributed by atoms with E-state index in [0.29, 0.717) is 5.92 Å². The Labute approximate surface area is 98.7 Å². The Morgan fingerprint density at radius 3 is 2.79 bits per heavy atom. The lowest BCUT2D eigenvalue weighted by molar-refractivity contribution is -0.120. The molecule has 1 aliphatic rings. The van der Waals surface area contributed by atoms with Gasteiger partial charge in [-0.15, -0.1) is 0 Å². The van der Waals surface area contributed by atoms with E-state index >= 15 is 0 Å². The quantitative estimate of drug-likeness (QED) is 0.801. The average molecular weight is 280 g/mol. The van der Waals surface area contributed by atoms with Crippen molar-refractivity contribution in [3.63, 3.8) is 0 Å². The minimum absolute atomic E-state index is 0.0135. The van der Waals surface area contributed by atoms with Gasteiger partial charge in [0.25, 0.3) is 0 Å². The number of carbonyl (C=O) groups is 1. The first-order valence-corrected chi connectivity index (χ1v) is 7.30. The van der Waals surface area contributed by atoms with Gasteiger partial charge in [0, 0.05) is 6.54 Å². The standard InChI is InChI=1S/C10H18BrNOS/c1-2-9(11)10(13)12-7-8-3-5-14-6-4-8/h8-9H,2-7H2,1H3,(H,12,13). The summed E-state index contributed by atoms with van der Waals surface area (Å²) in [6, 6.07) is 0. The highest BCUT2D eigenvalue weighted by Crippen LogP contribution is 2.21. The number of rotatable bonds is 4. The second-order valence-electron chi connectivity index (χ2n) is 3.68. The predicted molar refractivity (Wildman–Crippen MR) is 66.1 cm³/mol. The zero-order valence-corrected chi connectivity index (χ0v) is 11.0. The van der Waals surface area contributed by atoms with Crippen molar-refractivity contribution in [1.29, 1.82) is 0 Å². The highest BCUT2D eigenvalue weighted by molar-refractivity contribution is 9.10. The molecular weight excluding hydrogens is 262 g/mol. The lowest BCUT2D eigenvalue weighted by atomic mass is 10.0. The van der Waals surface area contributed by atoms with Crippen LogP contribution < -0.4 is 5.32 Å². The second-order valence-corrected chi connectivity index (χ2v) is 6.01. The van der Waals surface area contributed by atoms with Crippen LogP contribution in [0, 0.1) is 5.92 Å². The zero-order chi connectivity index (χ0) is 10.4.